The Balaban J connectivity index is 2.37. The molecule has 0 aromatic heterocycles. The maximum absolute atomic E-state index is 11.2. The molecule has 0 bridgehead atoms. The van der Waals surface area contributed by atoms with Crippen LogP contribution in [0.2, 0.25) is 0 Å². The number of nitrogens with two attached hydrogens (primary N) is 1. The molecule has 1 saturated heterocycles. The number of ether oxygens (including phenoxy) is 1. The number of rotatable bonds is 5. The summed E-state index contributed by atoms with van der Waals surface area (Å²) < 4.78 is 5.35. The molecule has 0 aromatic rings. The van der Waals surface area contributed by atoms with Crippen LogP contribution in [0.25, 0.3) is 0 Å². The van der Waals surface area contributed by atoms with Crippen LogP contribution in [0.4, 0.5) is 0 Å². The topological polar surface area (TPSA) is 67.6 Å². The molecule has 0 radical (unpaired) electrons. The van der Waals surface area contributed by atoms with E-state index in [4.69, 9.17) is 10.5 Å². The van der Waals surface area contributed by atoms with Crippen molar-refractivity contribution in [2.24, 2.45) is 5.73 Å². The second-order valence-corrected chi connectivity index (χ2v) is 3.78. The number of nitrogens with one attached hydrogen (secondary N) is 1. The minimum absolute atomic E-state index is 0.243. The second-order valence-electron chi connectivity index (χ2n) is 3.78. The van der Waals surface area contributed by atoms with Crippen molar-refractivity contribution in [1.29, 1.82) is 0 Å². The summed E-state index contributed by atoms with van der Waals surface area (Å²) in [5, 5.41) is 3.09. The molecule has 1 unspecified atom stereocenters. The summed E-state index contributed by atoms with van der Waals surface area (Å²) in [6.45, 7) is 6.85. The molecular formula is C10H21N3O2. The van der Waals surface area contributed by atoms with Gasteiger partial charge in [0.25, 0.3) is 0 Å². The fourth-order valence-electron chi connectivity index (χ4n) is 1.74. The van der Waals surface area contributed by atoms with Gasteiger partial charge in [0.2, 0.25) is 5.91 Å². The SMILES string of the molecule is CCNC(CN1CCCOCC1)C(N)=O. The number of carbonyl (C=O) groups excluding carboxylic acids is 1. The molecular weight excluding hydrogens is 194 g/mol. The maximum atomic E-state index is 11.2. The molecule has 1 aliphatic rings. The van der Waals surface area contributed by atoms with Crippen molar-refractivity contribution in [2.75, 3.05) is 39.4 Å². The first-order valence-corrected chi connectivity index (χ1v) is 5.57. The molecule has 0 aromatic carbocycles. The summed E-state index contributed by atoms with van der Waals surface area (Å²) in [6.07, 6.45) is 1.03. The highest BCUT2D eigenvalue weighted by Gasteiger charge is 2.18. The number of hydrogen-bond donors (Lipinski definition) is 2. The van der Waals surface area contributed by atoms with Crippen LogP contribution in [0.1, 0.15) is 13.3 Å². The van der Waals surface area contributed by atoms with Gasteiger partial charge >= 0.3 is 0 Å². The first-order valence-electron chi connectivity index (χ1n) is 5.57. The normalized spacial score (nSPS) is 20.9. The number of nitrogens with zero attached hydrogens (tertiary/aromatic N) is 1. The van der Waals surface area contributed by atoms with Gasteiger partial charge < -0.3 is 15.8 Å². The molecule has 5 heteroatoms. The number of amides is 1. The van der Waals surface area contributed by atoms with Crippen LogP contribution < -0.4 is 11.1 Å². The van der Waals surface area contributed by atoms with E-state index in [1.165, 1.54) is 0 Å². The van der Waals surface area contributed by atoms with Crippen molar-refractivity contribution in [1.82, 2.24) is 10.2 Å². The van der Waals surface area contributed by atoms with Gasteiger partial charge in [-0.15, -0.1) is 0 Å². The van der Waals surface area contributed by atoms with E-state index in [2.05, 4.69) is 10.2 Å². The van der Waals surface area contributed by atoms with E-state index in [0.29, 0.717) is 6.54 Å². The Morgan fingerprint density at radius 2 is 2.33 bits per heavy atom. The lowest BCUT2D eigenvalue weighted by molar-refractivity contribution is -0.120. The molecule has 1 heterocycles. The Kier molecular flexibility index (Phi) is 5.60. The van der Waals surface area contributed by atoms with Crippen LogP contribution in [0, 0.1) is 0 Å². The molecule has 3 N–H and O–H groups in total. The Hall–Kier alpha value is -0.650. The van der Waals surface area contributed by atoms with Crippen LogP contribution in [-0.2, 0) is 9.53 Å². The molecule has 1 aliphatic heterocycles. The molecule has 0 aliphatic carbocycles. The van der Waals surface area contributed by atoms with Gasteiger partial charge in [0.05, 0.1) is 12.6 Å². The summed E-state index contributed by atoms with van der Waals surface area (Å²) in [5.41, 5.74) is 5.32. The van der Waals surface area contributed by atoms with Crippen LogP contribution in [0.5, 0.6) is 0 Å². The van der Waals surface area contributed by atoms with Gasteiger partial charge in [0.1, 0.15) is 0 Å². The van der Waals surface area contributed by atoms with Gasteiger partial charge in [-0.05, 0) is 13.0 Å². The van der Waals surface area contributed by atoms with Crippen LogP contribution in [0.15, 0.2) is 0 Å². The Morgan fingerprint density at radius 1 is 1.53 bits per heavy atom. The maximum Gasteiger partial charge on any atom is 0.235 e. The summed E-state index contributed by atoms with van der Waals surface area (Å²) in [4.78, 5) is 13.4. The fourth-order valence-corrected chi connectivity index (χ4v) is 1.74. The third-order valence-corrected chi connectivity index (χ3v) is 2.55. The van der Waals surface area contributed by atoms with Crippen molar-refractivity contribution in [3.8, 4) is 0 Å². The van der Waals surface area contributed by atoms with Crippen LogP contribution in [-0.4, -0.2) is 56.2 Å². The van der Waals surface area contributed by atoms with E-state index < -0.39 is 0 Å². The van der Waals surface area contributed by atoms with Gasteiger partial charge in [-0.3, -0.25) is 9.69 Å². The zero-order valence-corrected chi connectivity index (χ0v) is 9.37. The second kappa shape index (κ2) is 6.76. The smallest absolute Gasteiger partial charge is 0.235 e. The van der Waals surface area contributed by atoms with Crippen molar-refractivity contribution < 1.29 is 9.53 Å². The van der Waals surface area contributed by atoms with Gasteiger partial charge in [-0.1, -0.05) is 6.92 Å². The fraction of sp³-hybridized carbons (Fsp3) is 0.900. The van der Waals surface area contributed by atoms with Crippen molar-refractivity contribution in [3.05, 3.63) is 0 Å². The van der Waals surface area contributed by atoms with Gasteiger partial charge in [-0.25, -0.2) is 0 Å². The largest absolute Gasteiger partial charge is 0.380 e. The minimum atomic E-state index is -0.276. The monoisotopic (exact) mass is 215 g/mol. The molecule has 0 saturated carbocycles. The zero-order chi connectivity index (χ0) is 11.1. The first-order chi connectivity index (χ1) is 7.24. The van der Waals surface area contributed by atoms with E-state index in [-0.39, 0.29) is 11.9 Å². The standard InChI is InChI=1S/C10H21N3O2/c1-2-12-9(10(11)14)8-13-4-3-6-15-7-5-13/h9,12H,2-8H2,1H3,(H2,11,14). The first kappa shape index (κ1) is 12.4. The predicted molar refractivity (Wildman–Crippen MR) is 58.5 cm³/mol. The third-order valence-electron chi connectivity index (χ3n) is 2.55. The van der Waals surface area contributed by atoms with Crippen molar-refractivity contribution >= 4 is 5.91 Å². The number of hydrogen-bond acceptors (Lipinski definition) is 4. The minimum Gasteiger partial charge on any atom is -0.380 e. The summed E-state index contributed by atoms with van der Waals surface area (Å²) in [6, 6.07) is -0.243. The molecule has 1 atom stereocenters. The van der Waals surface area contributed by atoms with E-state index in [9.17, 15) is 4.79 Å². The molecule has 0 spiro atoms. The number of carbonyl (C=O) groups is 1. The molecule has 5 nitrogen and oxygen atoms in total. The Bertz CT molecular complexity index is 191. The zero-order valence-electron chi connectivity index (χ0n) is 9.37. The predicted octanol–water partition coefficient (Wildman–Crippen LogP) is -0.828. The van der Waals surface area contributed by atoms with E-state index in [1.54, 1.807) is 0 Å². The summed E-state index contributed by atoms with van der Waals surface area (Å²) >= 11 is 0. The van der Waals surface area contributed by atoms with Gasteiger partial charge in [-0.2, -0.15) is 0 Å². The highest BCUT2D eigenvalue weighted by atomic mass is 16.5. The van der Waals surface area contributed by atoms with Gasteiger partial charge in [0.15, 0.2) is 0 Å². The number of primary amides is 1. The lowest BCUT2D eigenvalue weighted by atomic mass is 10.2. The Labute approximate surface area is 90.9 Å². The highest BCUT2D eigenvalue weighted by molar-refractivity contribution is 5.80. The summed E-state index contributed by atoms with van der Waals surface area (Å²) in [5.74, 6) is -0.276. The molecule has 88 valence electrons. The highest BCUT2D eigenvalue weighted by Crippen LogP contribution is 2.00. The van der Waals surface area contributed by atoms with Crippen molar-refractivity contribution in [2.45, 2.75) is 19.4 Å². The molecule has 1 fully saturated rings. The molecule has 1 amide bonds. The van der Waals surface area contributed by atoms with E-state index >= 15 is 0 Å². The van der Waals surface area contributed by atoms with E-state index in [1.807, 2.05) is 6.92 Å². The average Bonchev–Trinajstić information content (AvgIpc) is 2.45. The van der Waals surface area contributed by atoms with E-state index in [0.717, 1.165) is 39.3 Å². The van der Waals surface area contributed by atoms with Crippen LogP contribution in [0.3, 0.4) is 0 Å². The third kappa shape index (κ3) is 4.59. The van der Waals surface area contributed by atoms with Crippen LogP contribution >= 0.6 is 0 Å². The van der Waals surface area contributed by atoms with Gasteiger partial charge in [0, 0.05) is 26.2 Å². The quantitative estimate of drug-likeness (QED) is 0.628. The molecule has 1 rings (SSSR count). The number of likely N-dealkylation sites (N-methyl/N-ethyl adjacent to an activating group) is 1. The van der Waals surface area contributed by atoms with Crippen molar-refractivity contribution in [3.63, 3.8) is 0 Å². The average molecular weight is 215 g/mol. The lowest BCUT2D eigenvalue weighted by Crippen LogP contribution is -2.49. The Morgan fingerprint density at radius 3 is 3.00 bits per heavy atom. The lowest BCUT2D eigenvalue weighted by Gasteiger charge is -2.24. The summed E-state index contributed by atoms with van der Waals surface area (Å²) in [7, 11) is 0. The molecule has 15 heavy (non-hydrogen) atoms.